The highest BCUT2D eigenvalue weighted by Gasteiger charge is 2.26. The fourth-order valence-electron chi connectivity index (χ4n) is 1.87. The van der Waals surface area contributed by atoms with Gasteiger partial charge in [0.2, 0.25) is 0 Å². The number of hydrogen-bond donors (Lipinski definition) is 1. The Balaban J connectivity index is 2.16. The molecule has 1 aromatic carbocycles. The molecule has 1 N–H and O–H groups in total. The molecule has 0 heterocycles. The van der Waals surface area contributed by atoms with Crippen molar-refractivity contribution >= 4 is 15.9 Å². The summed E-state index contributed by atoms with van der Waals surface area (Å²) in [4.78, 5) is 0. The molecule has 0 aromatic heterocycles. The standard InChI is InChI=1S/C12H15BrFN/c1-15-12(6-8-2-3-8)10-5-4-9(14)7-11(10)13/h4-5,7-8,12,15H,2-3,6H2,1H3. The van der Waals surface area contributed by atoms with Crippen molar-refractivity contribution in [2.24, 2.45) is 5.92 Å². The molecule has 0 bridgehead atoms. The molecule has 2 rings (SSSR count). The molecule has 0 amide bonds. The number of hydrogen-bond acceptors (Lipinski definition) is 1. The van der Waals surface area contributed by atoms with E-state index in [9.17, 15) is 4.39 Å². The molecule has 1 aliphatic carbocycles. The first kappa shape index (κ1) is 11.1. The second-order valence-electron chi connectivity index (χ2n) is 4.19. The van der Waals surface area contributed by atoms with Gasteiger partial charge in [0.15, 0.2) is 0 Å². The van der Waals surface area contributed by atoms with Crippen molar-refractivity contribution in [3.63, 3.8) is 0 Å². The van der Waals surface area contributed by atoms with Gasteiger partial charge in [0.05, 0.1) is 0 Å². The molecular formula is C12H15BrFN. The van der Waals surface area contributed by atoms with Gasteiger partial charge in [-0.15, -0.1) is 0 Å². The molecular weight excluding hydrogens is 257 g/mol. The molecule has 1 fully saturated rings. The third kappa shape index (κ3) is 2.79. The first-order chi connectivity index (χ1) is 7.20. The maximum absolute atomic E-state index is 12.9. The van der Waals surface area contributed by atoms with Gasteiger partial charge in [-0.3, -0.25) is 0 Å². The first-order valence-corrected chi connectivity index (χ1v) is 6.12. The summed E-state index contributed by atoms with van der Waals surface area (Å²) >= 11 is 3.42. The summed E-state index contributed by atoms with van der Waals surface area (Å²) in [5, 5.41) is 3.30. The van der Waals surface area contributed by atoms with Crippen LogP contribution in [0.5, 0.6) is 0 Å². The van der Waals surface area contributed by atoms with Gasteiger partial charge < -0.3 is 5.32 Å². The first-order valence-electron chi connectivity index (χ1n) is 5.33. The molecule has 0 spiro atoms. The largest absolute Gasteiger partial charge is 0.313 e. The molecule has 1 aliphatic rings. The SMILES string of the molecule is CNC(CC1CC1)c1ccc(F)cc1Br. The van der Waals surface area contributed by atoms with Gasteiger partial charge in [-0.05, 0) is 37.1 Å². The maximum atomic E-state index is 12.9. The molecule has 15 heavy (non-hydrogen) atoms. The lowest BCUT2D eigenvalue weighted by molar-refractivity contribution is 0.511. The van der Waals surface area contributed by atoms with Gasteiger partial charge in [0, 0.05) is 10.5 Å². The molecule has 0 aliphatic heterocycles. The third-order valence-electron chi connectivity index (χ3n) is 2.95. The Bertz CT molecular complexity index is 349. The molecule has 1 nitrogen and oxygen atoms in total. The molecule has 1 aromatic rings. The van der Waals surface area contributed by atoms with E-state index < -0.39 is 0 Å². The number of rotatable bonds is 4. The Morgan fingerprint density at radius 3 is 2.80 bits per heavy atom. The zero-order valence-corrected chi connectivity index (χ0v) is 10.3. The fraction of sp³-hybridized carbons (Fsp3) is 0.500. The number of halogens is 2. The second-order valence-corrected chi connectivity index (χ2v) is 5.04. The predicted octanol–water partition coefficient (Wildman–Crippen LogP) is 3.65. The minimum atomic E-state index is -0.188. The molecule has 1 saturated carbocycles. The molecule has 1 unspecified atom stereocenters. The molecule has 1 atom stereocenters. The van der Waals surface area contributed by atoms with Crippen LogP contribution >= 0.6 is 15.9 Å². The average molecular weight is 272 g/mol. The molecule has 0 radical (unpaired) electrons. The van der Waals surface area contributed by atoms with E-state index >= 15 is 0 Å². The van der Waals surface area contributed by atoms with Crippen molar-refractivity contribution in [1.82, 2.24) is 5.32 Å². The Kier molecular flexibility index (Phi) is 3.42. The van der Waals surface area contributed by atoms with Crippen LogP contribution in [0, 0.1) is 11.7 Å². The van der Waals surface area contributed by atoms with E-state index in [1.54, 1.807) is 0 Å². The Morgan fingerprint density at radius 1 is 1.53 bits per heavy atom. The maximum Gasteiger partial charge on any atom is 0.124 e. The van der Waals surface area contributed by atoms with E-state index in [4.69, 9.17) is 0 Å². The quantitative estimate of drug-likeness (QED) is 0.882. The summed E-state index contributed by atoms with van der Waals surface area (Å²) in [6.07, 6.45) is 3.84. The molecule has 0 saturated heterocycles. The van der Waals surface area contributed by atoms with Gasteiger partial charge in [0.1, 0.15) is 5.82 Å². The summed E-state index contributed by atoms with van der Waals surface area (Å²) in [7, 11) is 1.96. The highest BCUT2D eigenvalue weighted by Crippen LogP contribution is 2.39. The van der Waals surface area contributed by atoms with Crippen molar-refractivity contribution in [2.75, 3.05) is 7.05 Å². The van der Waals surface area contributed by atoms with Crippen LogP contribution in [0.3, 0.4) is 0 Å². The normalized spacial score (nSPS) is 17.8. The van der Waals surface area contributed by atoms with E-state index in [0.717, 1.165) is 22.4 Å². The second kappa shape index (κ2) is 4.62. The van der Waals surface area contributed by atoms with E-state index in [0.29, 0.717) is 6.04 Å². The average Bonchev–Trinajstić information content (AvgIpc) is 2.99. The Labute approximate surface area is 98.2 Å². The van der Waals surface area contributed by atoms with Crippen LogP contribution in [0.25, 0.3) is 0 Å². The number of benzene rings is 1. The number of nitrogens with one attached hydrogen (secondary N) is 1. The summed E-state index contributed by atoms with van der Waals surface area (Å²) < 4.78 is 13.8. The van der Waals surface area contributed by atoms with Crippen LogP contribution in [-0.4, -0.2) is 7.05 Å². The van der Waals surface area contributed by atoms with E-state index in [2.05, 4.69) is 21.2 Å². The van der Waals surface area contributed by atoms with Gasteiger partial charge in [-0.25, -0.2) is 4.39 Å². The predicted molar refractivity (Wildman–Crippen MR) is 63.2 cm³/mol. The third-order valence-corrected chi connectivity index (χ3v) is 3.64. The smallest absolute Gasteiger partial charge is 0.124 e. The van der Waals surface area contributed by atoms with Gasteiger partial charge >= 0.3 is 0 Å². The Hall–Kier alpha value is -0.410. The van der Waals surface area contributed by atoms with Crippen molar-refractivity contribution in [1.29, 1.82) is 0 Å². The van der Waals surface area contributed by atoms with Crippen LogP contribution in [0.15, 0.2) is 22.7 Å². The fourth-order valence-corrected chi connectivity index (χ4v) is 2.50. The van der Waals surface area contributed by atoms with Crippen molar-refractivity contribution in [2.45, 2.75) is 25.3 Å². The van der Waals surface area contributed by atoms with Crippen LogP contribution in [0.2, 0.25) is 0 Å². The minimum absolute atomic E-state index is 0.188. The Morgan fingerprint density at radius 2 is 2.27 bits per heavy atom. The van der Waals surface area contributed by atoms with Crippen LogP contribution < -0.4 is 5.32 Å². The van der Waals surface area contributed by atoms with Gasteiger partial charge in [-0.2, -0.15) is 0 Å². The lowest BCUT2D eigenvalue weighted by atomic mass is 10.0. The highest BCUT2D eigenvalue weighted by atomic mass is 79.9. The van der Waals surface area contributed by atoms with Crippen LogP contribution in [0.1, 0.15) is 30.9 Å². The zero-order chi connectivity index (χ0) is 10.8. The van der Waals surface area contributed by atoms with Crippen molar-refractivity contribution in [3.8, 4) is 0 Å². The van der Waals surface area contributed by atoms with E-state index in [-0.39, 0.29) is 5.82 Å². The summed E-state index contributed by atoms with van der Waals surface area (Å²) in [6, 6.07) is 5.26. The van der Waals surface area contributed by atoms with E-state index in [1.165, 1.54) is 25.0 Å². The van der Waals surface area contributed by atoms with Crippen molar-refractivity contribution < 1.29 is 4.39 Å². The lowest BCUT2D eigenvalue weighted by Crippen LogP contribution is -2.17. The van der Waals surface area contributed by atoms with Gasteiger partial charge in [-0.1, -0.05) is 34.8 Å². The summed E-state index contributed by atoms with van der Waals surface area (Å²) in [5.74, 6) is 0.673. The zero-order valence-electron chi connectivity index (χ0n) is 8.76. The topological polar surface area (TPSA) is 12.0 Å². The molecule has 82 valence electrons. The van der Waals surface area contributed by atoms with Crippen LogP contribution in [0.4, 0.5) is 4.39 Å². The highest BCUT2D eigenvalue weighted by molar-refractivity contribution is 9.10. The molecule has 3 heteroatoms. The summed E-state index contributed by atoms with van der Waals surface area (Å²) in [5.41, 5.74) is 1.16. The lowest BCUT2D eigenvalue weighted by Gasteiger charge is -2.17. The minimum Gasteiger partial charge on any atom is -0.313 e. The monoisotopic (exact) mass is 271 g/mol. The summed E-state index contributed by atoms with van der Waals surface area (Å²) in [6.45, 7) is 0. The van der Waals surface area contributed by atoms with E-state index in [1.807, 2.05) is 13.1 Å². The van der Waals surface area contributed by atoms with Crippen molar-refractivity contribution in [3.05, 3.63) is 34.1 Å². The van der Waals surface area contributed by atoms with Crippen LogP contribution in [-0.2, 0) is 0 Å². The van der Waals surface area contributed by atoms with Gasteiger partial charge in [0.25, 0.3) is 0 Å².